The summed E-state index contributed by atoms with van der Waals surface area (Å²) in [7, 11) is 0. The largest absolute Gasteiger partial charge is 0.359 e. The van der Waals surface area contributed by atoms with E-state index in [2.05, 4.69) is 157 Å². The predicted octanol–water partition coefficient (Wildman–Crippen LogP) is 11.0. The van der Waals surface area contributed by atoms with Crippen molar-refractivity contribution in [3.8, 4) is 11.1 Å². The van der Waals surface area contributed by atoms with E-state index in [0.717, 1.165) is 18.5 Å². The van der Waals surface area contributed by atoms with Crippen LogP contribution in [0.1, 0.15) is 35.7 Å². The molecule has 2 nitrogen and oxygen atoms in total. The van der Waals surface area contributed by atoms with E-state index in [-0.39, 0.29) is 6.17 Å². The second-order valence-corrected chi connectivity index (χ2v) is 11.4. The molecule has 0 spiro atoms. The van der Waals surface area contributed by atoms with Crippen LogP contribution in [-0.2, 0) is 0 Å². The van der Waals surface area contributed by atoms with Crippen LogP contribution in [-0.4, -0.2) is 0 Å². The molecule has 2 heteroatoms. The Morgan fingerprint density at radius 1 is 0.667 bits per heavy atom. The maximum atomic E-state index is 3.75. The van der Waals surface area contributed by atoms with Crippen molar-refractivity contribution in [3.63, 3.8) is 0 Å². The molecule has 202 valence electrons. The van der Waals surface area contributed by atoms with E-state index in [1.165, 1.54) is 66.3 Å². The Morgan fingerprint density at radius 3 is 2.17 bits per heavy atom. The van der Waals surface area contributed by atoms with Crippen LogP contribution < -0.4 is 10.2 Å². The van der Waals surface area contributed by atoms with Crippen molar-refractivity contribution in [2.24, 2.45) is 0 Å². The lowest BCUT2D eigenvalue weighted by Crippen LogP contribution is -2.23. The summed E-state index contributed by atoms with van der Waals surface area (Å²) in [5, 5.41) is 9.05. The molecule has 0 fully saturated rings. The monoisotopic (exact) mass is 540 g/mol. The molecule has 0 bridgehead atoms. The number of benzene rings is 6. The fourth-order valence-electron chi connectivity index (χ4n) is 6.86. The second-order valence-electron chi connectivity index (χ2n) is 11.4. The van der Waals surface area contributed by atoms with Crippen LogP contribution in [0.4, 0.5) is 17.1 Å². The van der Waals surface area contributed by atoms with Gasteiger partial charge in [-0.1, -0.05) is 121 Å². The first kappa shape index (κ1) is 24.7. The van der Waals surface area contributed by atoms with Crippen molar-refractivity contribution in [2.75, 3.05) is 10.2 Å². The van der Waals surface area contributed by atoms with Crippen LogP contribution in [0.25, 0.3) is 38.2 Å². The normalized spacial score (nSPS) is 16.0. The molecule has 1 aliphatic heterocycles. The van der Waals surface area contributed by atoms with Gasteiger partial charge >= 0.3 is 0 Å². The smallest absolute Gasteiger partial charge is 0.130 e. The van der Waals surface area contributed by atoms with Crippen LogP contribution in [0.2, 0.25) is 0 Å². The molecule has 0 saturated carbocycles. The number of aryl methyl sites for hydroxylation is 1. The van der Waals surface area contributed by atoms with Gasteiger partial charge in [-0.3, -0.25) is 0 Å². The van der Waals surface area contributed by atoms with Gasteiger partial charge in [-0.2, -0.15) is 0 Å². The third-order valence-electron chi connectivity index (χ3n) is 8.78. The molecular formula is C40H32N2. The highest BCUT2D eigenvalue weighted by Gasteiger charge is 2.31. The number of allylic oxidation sites excluding steroid dienone is 4. The Hall–Kier alpha value is -5.08. The lowest BCUT2D eigenvalue weighted by atomic mass is 9.83. The van der Waals surface area contributed by atoms with Crippen molar-refractivity contribution in [1.82, 2.24) is 0 Å². The molecule has 1 atom stereocenters. The van der Waals surface area contributed by atoms with E-state index < -0.39 is 0 Å². The van der Waals surface area contributed by atoms with Gasteiger partial charge in [-0.15, -0.1) is 0 Å². The van der Waals surface area contributed by atoms with Gasteiger partial charge in [0.15, 0.2) is 0 Å². The molecule has 1 unspecified atom stereocenters. The van der Waals surface area contributed by atoms with Crippen molar-refractivity contribution in [3.05, 3.63) is 156 Å². The second kappa shape index (κ2) is 10.1. The third-order valence-corrected chi connectivity index (χ3v) is 8.78. The topological polar surface area (TPSA) is 15.3 Å². The van der Waals surface area contributed by atoms with Crippen molar-refractivity contribution in [1.29, 1.82) is 0 Å². The highest BCUT2D eigenvalue weighted by atomic mass is 15.3. The van der Waals surface area contributed by atoms with Gasteiger partial charge in [0, 0.05) is 5.69 Å². The zero-order valence-electron chi connectivity index (χ0n) is 23.7. The molecule has 0 amide bonds. The molecule has 1 heterocycles. The van der Waals surface area contributed by atoms with Gasteiger partial charge in [0.05, 0.1) is 11.4 Å². The Morgan fingerprint density at radius 2 is 1.38 bits per heavy atom. The van der Waals surface area contributed by atoms with Crippen molar-refractivity contribution < 1.29 is 0 Å². The summed E-state index contributed by atoms with van der Waals surface area (Å²) in [6.07, 6.45) is 9.00. The van der Waals surface area contributed by atoms with Crippen LogP contribution in [0, 0.1) is 6.92 Å². The number of hydrogen-bond donors (Lipinski definition) is 1. The molecule has 1 N–H and O–H groups in total. The Balaban J connectivity index is 1.31. The average Bonchev–Trinajstić information content (AvgIpc) is 3.44. The molecule has 6 aromatic carbocycles. The third kappa shape index (κ3) is 4.02. The summed E-state index contributed by atoms with van der Waals surface area (Å²) in [5.74, 6) is 0. The van der Waals surface area contributed by atoms with Gasteiger partial charge < -0.3 is 10.2 Å². The minimum atomic E-state index is 0.0378. The van der Waals surface area contributed by atoms with Gasteiger partial charge in [0.2, 0.25) is 0 Å². The summed E-state index contributed by atoms with van der Waals surface area (Å²) in [6, 6.07) is 44.4. The lowest BCUT2D eigenvalue weighted by molar-refractivity contribution is 0.828. The first-order valence-corrected chi connectivity index (χ1v) is 14.9. The summed E-state index contributed by atoms with van der Waals surface area (Å²) in [6.45, 7) is 2.20. The maximum absolute atomic E-state index is 3.75. The predicted molar refractivity (Wildman–Crippen MR) is 179 cm³/mol. The summed E-state index contributed by atoms with van der Waals surface area (Å²) in [4.78, 5) is 2.42. The van der Waals surface area contributed by atoms with E-state index in [1.54, 1.807) is 0 Å². The molecule has 6 aromatic rings. The molecule has 2 aliphatic rings. The van der Waals surface area contributed by atoms with Crippen LogP contribution >= 0.6 is 0 Å². The van der Waals surface area contributed by atoms with E-state index in [1.807, 2.05) is 0 Å². The minimum absolute atomic E-state index is 0.0378. The number of nitrogens with zero attached hydrogens (tertiary/aromatic N) is 1. The lowest BCUT2D eigenvalue weighted by Gasteiger charge is -2.28. The molecule has 0 aromatic heterocycles. The molecule has 42 heavy (non-hydrogen) atoms. The first-order valence-electron chi connectivity index (χ1n) is 14.9. The quantitative estimate of drug-likeness (QED) is 0.224. The molecule has 8 rings (SSSR count). The molecular weight excluding hydrogens is 508 g/mol. The number of hydrogen-bond acceptors (Lipinski definition) is 2. The standard InChI is InChI=1S/C40H32N2/c1-27-20-25-34-35(26-27)39(33-17-9-8-16-32(33)38(34)28-12-4-2-5-13-28)29-21-23-31(24-22-29)42-37-19-11-10-18-36(37)41-40(42)30-14-6-3-7-15-30/h2-4,6-12,14-26,40-41H,5,13H2,1H3. The minimum Gasteiger partial charge on any atom is -0.359 e. The Kier molecular flexibility index (Phi) is 5.93. The van der Waals surface area contributed by atoms with Gasteiger partial charge in [0.25, 0.3) is 0 Å². The van der Waals surface area contributed by atoms with Crippen molar-refractivity contribution in [2.45, 2.75) is 25.9 Å². The highest BCUT2D eigenvalue weighted by Crippen LogP contribution is 2.47. The summed E-state index contributed by atoms with van der Waals surface area (Å²) >= 11 is 0. The Bertz CT molecular complexity index is 2020. The number of nitrogens with one attached hydrogen (secondary N) is 1. The SMILES string of the molecule is Cc1ccc2c(C3=CC=CCC3)c3ccccc3c(-c3ccc(N4c5ccccc5NC4c4ccccc4)cc3)c2c1. The van der Waals surface area contributed by atoms with E-state index in [9.17, 15) is 0 Å². The fourth-order valence-corrected chi connectivity index (χ4v) is 6.86. The first-order chi connectivity index (χ1) is 20.8. The molecule has 0 saturated heterocycles. The number of para-hydroxylation sites is 2. The van der Waals surface area contributed by atoms with Gasteiger partial charge in [-0.25, -0.2) is 0 Å². The Labute approximate surface area is 247 Å². The average molecular weight is 541 g/mol. The van der Waals surface area contributed by atoms with Crippen LogP contribution in [0.15, 0.2) is 140 Å². The summed E-state index contributed by atoms with van der Waals surface area (Å²) < 4.78 is 0. The molecule has 1 aliphatic carbocycles. The number of rotatable bonds is 4. The van der Waals surface area contributed by atoms with Crippen LogP contribution in [0.3, 0.4) is 0 Å². The van der Waals surface area contributed by atoms with Crippen LogP contribution in [0.5, 0.6) is 0 Å². The highest BCUT2D eigenvalue weighted by molar-refractivity contribution is 6.19. The zero-order valence-corrected chi connectivity index (χ0v) is 23.7. The van der Waals surface area contributed by atoms with Crippen molar-refractivity contribution >= 4 is 44.2 Å². The fraction of sp³-hybridized carbons (Fsp3) is 0.100. The number of fused-ring (bicyclic) bond motifs is 3. The molecule has 0 radical (unpaired) electrons. The maximum Gasteiger partial charge on any atom is 0.130 e. The summed E-state index contributed by atoms with van der Waals surface area (Å²) in [5.41, 5.74) is 11.4. The number of anilines is 3. The van der Waals surface area contributed by atoms with E-state index in [4.69, 9.17) is 0 Å². The zero-order chi connectivity index (χ0) is 28.0. The van der Waals surface area contributed by atoms with E-state index >= 15 is 0 Å². The van der Waals surface area contributed by atoms with E-state index in [0.29, 0.717) is 0 Å². The van der Waals surface area contributed by atoms with Gasteiger partial charge in [0.1, 0.15) is 6.17 Å². The van der Waals surface area contributed by atoms with Gasteiger partial charge in [-0.05, 0) is 93.4 Å².